The monoisotopic (exact) mass is 380 g/mol. The molecule has 0 radical (unpaired) electrons. The Morgan fingerprint density at radius 2 is 1.67 bits per heavy atom. The summed E-state index contributed by atoms with van der Waals surface area (Å²) in [6.45, 7) is 2.07. The Labute approximate surface area is 158 Å². The molecule has 6 heteroatoms. The lowest BCUT2D eigenvalue weighted by Crippen LogP contribution is -2.47. The largest absolute Gasteiger partial charge is 0.340 e. The SMILES string of the molecule is C[C@@H](C(=O)N(C)Cc1ccccc1)N1c2cccc3cccc(c23)S1(=O)=O. The fourth-order valence-corrected chi connectivity index (χ4v) is 5.55. The molecule has 4 rings (SSSR count). The molecule has 1 amide bonds. The van der Waals surface area contributed by atoms with Crippen LogP contribution in [0.15, 0.2) is 71.6 Å². The van der Waals surface area contributed by atoms with Crippen LogP contribution in [-0.4, -0.2) is 32.3 Å². The number of benzene rings is 3. The van der Waals surface area contributed by atoms with Gasteiger partial charge in [0.05, 0.1) is 10.6 Å². The summed E-state index contributed by atoms with van der Waals surface area (Å²) in [4.78, 5) is 14.8. The third kappa shape index (κ3) is 2.77. The number of nitrogens with zero attached hydrogens (tertiary/aromatic N) is 2. The Kier molecular flexibility index (Phi) is 4.15. The van der Waals surface area contributed by atoms with Gasteiger partial charge in [-0.15, -0.1) is 0 Å². The maximum Gasteiger partial charge on any atom is 0.265 e. The molecular formula is C21H20N2O3S. The van der Waals surface area contributed by atoms with Gasteiger partial charge in [-0.05, 0) is 30.0 Å². The average molecular weight is 380 g/mol. The first-order valence-electron chi connectivity index (χ1n) is 8.76. The highest BCUT2D eigenvalue weighted by atomic mass is 32.2. The summed E-state index contributed by atoms with van der Waals surface area (Å²) in [6, 6.07) is 19.5. The molecule has 138 valence electrons. The van der Waals surface area contributed by atoms with E-state index in [-0.39, 0.29) is 10.8 Å². The van der Waals surface area contributed by atoms with Crippen LogP contribution in [0.5, 0.6) is 0 Å². The van der Waals surface area contributed by atoms with Gasteiger partial charge in [-0.25, -0.2) is 8.42 Å². The maximum absolute atomic E-state index is 13.1. The molecule has 3 aromatic carbocycles. The van der Waals surface area contributed by atoms with Crippen molar-refractivity contribution in [3.8, 4) is 0 Å². The Morgan fingerprint density at radius 3 is 2.37 bits per heavy atom. The Morgan fingerprint density at radius 1 is 1.00 bits per heavy atom. The molecule has 0 N–H and O–H groups in total. The smallest absolute Gasteiger partial charge is 0.265 e. The third-order valence-electron chi connectivity index (χ3n) is 4.97. The van der Waals surface area contributed by atoms with Gasteiger partial charge in [-0.3, -0.25) is 9.10 Å². The minimum Gasteiger partial charge on any atom is -0.340 e. The first kappa shape index (κ1) is 17.5. The number of anilines is 1. The van der Waals surface area contributed by atoms with E-state index in [1.165, 1.54) is 4.31 Å². The van der Waals surface area contributed by atoms with E-state index >= 15 is 0 Å². The number of likely N-dealkylation sites (N-methyl/N-ethyl adjacent to an activating group) is 1. The van der Waals surface area contributed by atoms with E-state index in [0.29, 0.717) is 17.6 Å². The third-order valence-corrected chi connectivity index (χ3v) is 6.89. The van der Waals surface area contributed by atoms with Gasteiger partial charge in [0.25, 0.3) is 10.0 Å². The lowest BCUT2D eigenvalue weighted by molar-refractivity contribution is -0.131. The second kappa shape index (κ2) is 6.39. The predicted molar refractivity (Wildman–Crippen MR) is 106 cm³/mol. The van der Waals surface area contributed by atoms with Gasteiger partial charge in [0.1, 0.15) is 6.04 Å². The van der Waals surface area contributed by atoms with Gasteiger partial charge in [-0.2, -0.15) is 0 Å². The molecule has 0 aliphatic carbocycles. The van der Waals surface area contributed by atoms with E-state index in [1.807, 2.05) is 48.5 Å². The second-order valence-electron chi connectivity index (χ2n) is 6.79. The molecule has 5 nitrogen and oxygen atoms in total. The van der Waals surface area contributed by atoms with Crippen molar-refractivity contribution < 1.29 is 13.2 Å². The van der Waals surface area contributed by atoms with E-state index in [1.54, 1.807) is 37.1 Å². The van der Waals surface area contributed by atoms with E-state index in [4.69, 9.17) is 0 Å². The van der Waals surface area contributed by atoms with Crippen LogP contribution >= 0.6 is 0 Å². The van der Waals surface area contributed by atoms with Crippen molar-refractivity contribution in [3.05, 3.63) is 72.3 Å². The second-order valence-corrected chi connectivity index (χ2v) is 8.57. The van der Waals surface area contributed by atoms with Gasteiger partial charge < -0.3 is 4.90 Å². The summed E-state index contributed by atoms with van der Waals surface area (Å²) in [6.07, 6.45) is 0. The van der Waals surface area contributed by atoms with Crippen LogP contribution in [-0.2, 0) is 21.4 Å². The molecule has 0 fully saturated rings. The number of rotatable bonds is 4. The minimum atomic E-state index is -3.76. The van der Waals surface area contributed by atoms with Crippen LogP contribution in [0.2, 0.25) is 0 Å². The highest BCUT2D eigenvalue weighted by molar-refractivity contribution is 7.93. The van der Waals surface area contributed by atoms with Gasteiger partial charge in [-0.1, -0.05) is 54.6 Å². The van der Waals surface area contributed by atoms with Crippen molar-refractivity contribution in [1.29, 1.82) is 0 Å². The summed E-state index contributed by atoms with van der Waals surface area (Å²) >= 11 is 0. The molecule has 0 bridgehead atoms. The fraction of sp³-hybridized carbons (Fsp3) is 0.190. The average Bonchev–Trinajstić information content (AvgIpc) is 2.90. The van der Waals surface area contributed by atoms with Crippen LogP contribution in [0.4, 0.5) is 5.69 Å². The summed E-state index contributed by atoms with van der Waals surface area (Å²) in [5, 5.41) is 1.54. The van der Waals surface area contributed by atoms with Crippen molar-refractivity contribution in [3.63, 3.8) is 0 Å². The molecule has 0 saturated heterocycles. The standard InChI is InChI=1S/C21H20N2O3S/c1-15(21(24)22(2)14-16-8-4-3-5-9-16)23-18-12-6-10-17-11-7-13-19(20(17)18)27(23,25)26/h3-13,15H,14H2,1-2H3/t15-/m0/s1. The van der Waals surface area contributed by atoms with E-state index in [0.717, 1.165) is 10.9 Å². The molecule has 0 saturated carbocycles. The molecular weight excluding hydrogens is 360 g/mol. The van der Waals surface area contributed by atoms with Crippen LogP contribution in [0.1, 0.15) is 12.5 Å². The van der Waals surface area contributed by atoms with Crippen molar-refractivity contribution in [2.45, 2.75) is 24.4 Å². The molecule has 1 aliphatic heterocycles. The number of hydrogen-bond donors (Lipinski definition) is 0. The van der Waals surface area contributed by atoms with Crippen molar-refractivity contribution in [1.82, 2.24) is 4.90 Å². The van der Waals surface area contributed by atoms with Gasteiger partial charge in [0, 0.05) is 19.0 Å². The zero-order valence-corrected chi connectivity index (χ0v) is 16.0. The molecule has 0 aromatic heterocycles. The van der Waals surface area contributed by atoms with Crippen LogP contribution in [0.3, 0.4) is 0 Å². The fourth-order valence-electron chi connectivity index (χ4n) is 3.69. The summed E-state index contributed by atoms with van der Waals surface area (Å²) in [5.41, 5.74) is 1.56. The first-order chi connectivity index (χ1) is 12.9. The molecule has 3 aromatic rings. The minimum absolute atomic E-state index is 0.243. The van der Waals surface area contributed by atoms with E-state index in [2.05, 4.69) is 0 Å². The number of sulfonamides is 1. The van der Waals surface area contributed by atoms with E-state index in [9.17, 15) is 13.2 Å². The lowest BCUT2D eigenvalue weighted by Gasteiger charge is -2.29. The summed E-state index contributed by atoms with van der Waals surface area (Å²) in [5.74, 6) is -0.243. The normalized spacial score (nSPS) is 15.7. The van der Waals surface area contributed by atoms with Gasteiger partial charge >= 0.3 is 0 Å². The summed E-state index contributed by atoms with van der Waals surface area (Å²) in [7, 11) is -2.07. The van der Waals surface area contributed by atoms with Crippen LogP contribution in [0.25, 0.3) is 10.8 Å². The number of hydrogen-bond acceptors (Lipinski definition) is 3. The van der Waals surface area contributed by atoms with Crippen molar-refractivity contribution in [2.24, 2.45) is 0 Å². The summed E-state index contributed by atoms with van der Waals surface area (Å²) < 4.78 is 27.6. The Balaban J connectivity index is 1.69. The van der Waals surface area contributed by atoms with E-state index < -0.39 is 16.1 Å². The number of amides is 1. The quantitative estimate of drug-likeness (QED) is 0.697. The first-order valence-corrected chi connectivity index (χ1v) is 10.2. The maximum atomic E-state index is 13.1. The Hall–Kier alpha value is -2.86. The van der Waals surface area contributed by atoms with Crippen molar-refractivity contribution in [2.75, 3.05) is 11.4 Å². The number of carbonyl (C=O) groups excluding carboxylic acids is 1. The van der Waals surface area contributed by atoms with Gasteiger partial charge in [0.15, 0.2) is 0 Å². The highest BCUT2D eigenvalue weighted by Crippen LogP contribution is 2.43. The van der Waals surface area contributed by atoms with Gasteiger partial charge in [0.2, 0.25) is 5.91 Å². The Bertz CT molecular complexity index is 1120. The molecule has 1 aliphatic rings. The molecule has 1 atom stereocenters. The van der Waals surface area contributed by atoms with Crippen LogP contribution < -0.4 is 4.31 Å². The molecule has 0 unspecified atom stereocenters. The topological polar surface area (TPSA) is 57.7 Å². The molecule has 0 spiro atoms. The van der Waals surface area contributed by atoms with Crippen molar-refractivity contribution >= 4 is 32.4 Å². The van der Waals surface area contributed by atoms with Crippen LogP contribution in [0, 0.1) is 0 Å². The molecule has 27 heavy (non-hydrogen) atoms. The zero-order chi connectivity index (χ0) is 19.2. The zero-order valence-electron chi connectivity index (χ0n) is 15.2. The lowest BCUT2D eigenvalue weighted by atomic mass is 10.1. The molecule has 1 heterocycles. The number of carbonyl (C=O) groups is 1. The highest BCUT2D eigenvalue weighted by Gasteiger charge is 2.41. The predicted octanol–water partition coefficient (Wildman–Crippen LogP) is 3.40.